The molecule has 0 bridgehead atoms. The van der Waals surface area contributed by atoms with Crippen molar-refractivity contribution in [1.29, 1.82) is 0 Å². The molecule has 1 fully saturated rings. The summed E-state index contributed by atoms with van der Waals surface area (Å²) in [7, 11) is 5.16. The molecule has 0 aliphatic carbocycles. The molecule has 1 aliphatic rings. The van der Waals surface area contributed by atoms with Gasteiger partial charge in [-0.3, -0.25) is 4.79 Å². The van der Waals surface area contributed by atoms with Gasteiger partial charge in [0.1, 0.15) is 0 Å². The molecule has 2 heterocycles. The Labute approximate surface area is 201 Å². The average molecular weight is 463 g/mol. The molecule has 0 saturated carbocycles. The molecule has 0 N–H and O–H groups in total. The molecular formula is C27H34N4O3. The SMILES string of the molecule is COc1ccc(CCN(C)C(=O)C2CCN(c3nc(C)c4cc(C)ccc4n3)CC2)cc1OC. The lowest BCUT2D eigenvalue weighted by Crippen LogP contribution is -2.42. The monoisotopic (exact) mass is 462 g/mol. The quantitative estimate of drug-likeness (QED) is 0.525. The number of hydrogen-bond donors (Lipinski definition) is 0. The highest BCUT2D eigenvalue weighted by Gasteiger charge is 2.28. The van der Waals surface area contributed by atoms with Crippen molar-refractivity contribution < 1.29 is 14.3 Å². The molecule has 7 nitrogen and oxygen atoms in total. The van der Waals surface area contributed by atoms with Crippen molar-refractivity contribution in [2.75, 3.05) is 45.8 Å². The first-order valence-corrected chi connectivity index (χ1v) is 11.9. The van der Waals surface area contributed by atoms with Gasteiger partial charge in [0.15, 0.2) is 11.5 Å². The molecule has 34 heavy (non-hydrogen) atoms. The summed E-state index contributed by atoms with van der Waals surface area (Å²) in [5.41, 5.74) is 4.30. The van der Waals surface area contributed by atoms with Gasteiger partial charge in [0.2, 0.25) is 11.9 Å². The molecule has 1 saturated heterocycles. The van der Waals surface area contributed by atoms with E-state index in [-0.39, 0.29) is 11.8 Å². The lowest BCUT2D eigenvalue weighted by atomic mass is 9.95. The first-order chi connectivity index (χ1) is 16.4. The van der Waals surface area contributed by atoms with E-state index in [2.05, 4.69) is 30.0 Å². The van der Waals surface area contributed by atoms with Gasteiger partial charge in [-0.05, 0) is 62.9 Å². The Balaban J connectivity index is 1.33. The number of likely N-dealkylation sites (N-methyl/N-ethyl adjacent to an activating group) is 1. The smallest absolute Gasteiger partial charge is 0.226 e. The van der Waals surface area contributed by atoms with E-state index in [1.165, 1.54) is 5.56 Å². The molecule has 1 aromatic heterocycles. The van der Waals surface area contributed by atoms with Gasteiger partial charge in [0, 0.05) is 38.0 Å². The van der Waals surface area contributed by atoms with Crippen molar-refractivity contribution in [3.8, 4) is 11.5 Å². The summed E-state index contributed by atoms with van der Waals surface area (Å²) in [6.07, 6.45) is 2.40. The maximum Gasteiger partial charge on any atom is 0.226 e. The van der Waals surface area contributed by atoms with E-state index >= 15 is 0 Å². The van der Waals surface area contributed by atoms with Crippen LogP contribution in [-0.4, -0.2) is 61.7 Å². The summed E-state index contributed by atoms with van der Waals surface area (Å²) in [6, 6.07) is 12.2. The Morgan fingerprint density at radius 3 is 2.47 bits per heavy atom. The number of benzene rings is 2. The predicted octanol–water partition coefficient (Wildman–Crippen LogP) is 4.18. The second kappa shape index (κ2) is 10.3. The van der Waals surface area contributed by atoms with Crippen molar-refractivity contribution in [3.63, 3.8) is 0 Å². The molecule has 2 aromatic carbocycles. The van der Waals surface area contributed by atoms with E-state index in [9.17, 15) is 4.79 Å². The number of piperidine rings is 1. The molecule has 1 aliphatic heterocycles. The lowest BCUT2D eigenvalue weighted by molar-refractivity contribution is -0.134. The van der Waals surface area contributed by atoms with Crippen LogP contribution < -0.4 is 14.4 Å². The molecular weight excluding hydrogens is 428 g/mol. The van der Waals surface area contributed by atoms with Crippen LogP contribution in [-0.2, 0) is 11.2 Å². The maximum absolute atomic E-state index is 13.1. The third-order valence-electron chi connectivity index (χ3n) is 6.72. The van der Waals surface area contributed by atoms with Crippen LogP contribution in [0.25, 0.3) is 10.9 Å². The Bertz CT molecular complexity index is 1170. The van der Waals surface area contributed by atoms with Gasteiger partial charge in [0.25, 0.3) is 0 Å². The molecule has 1 amide bonds. The molecule has 0 unspecified atom stereocenters. The highest BCUT2D eigenvalue weighted by molar-refractivity contribution is 5.82. The van der Waals surface area contributed by atoms with Gasteiger partial charge in [-0.25, -0.2) is 9.97 Å². The molecule has 4 rings (SSSR count). The number of ether oxygens (including phenoxy) is 2. The number of hydrogen-bond acceptors (Lipinski definition) is 6. The molecule has 0 radical (unpaired) electrons. The minimum absolute atomic E-state index is 0.0378. The van der Waals surface area contributed by atoms with Crippen LogP contribution in [0, 0.1) is 19.8 Å². The van der Waals surface area contributed by atoms with E-state index in [1.807, 2.05) is 37.1 Å². The number of nitrogens with zero attached hydrogens (tertiary/aromatic N) is 4. The molecule has 3 aromatic rings. The van der Waals surface area contributed by atoms with E-state index in [4.69, 9.17) is 19.4 Å². The Morgan fingerprint density at radius 1 is 1.03 bits per heavy atom. The first kappa shape index (κ1) is 23.8. The lowest BCUT2D eigenvalue weighted by Gasteiger charge is -2.33. The van der Waals surface area contributed by atoms with E-state index < -0.39 is 0 Å². The Morgan fingerprint density at radius 2 is 1.76 bits per heavy atom. The van der Waals surface area contributed by atoms with Crippen LogP contribution in [0.2, 0.25) is 0 Å². The van der Waals surface area contributed by atoms with Gasteiger partial charge in [0.05, 0.1) is 25.4 Å². The number of fused-ring (bicyclic) bond motifs is 1. The fourth-order valence-corrected chi connectivity index (χ4v) is 4.60. The molecule has 0 spiro atoms. The molecule has 7 heteroatoms. The zero-order valence-corrected chi connectivity index (χ0v) is 20.8. The number of aryl methyl sites for hydroxylation is 2. The second-order valence-electron chi connectivity index (χ2n) is 9.09. The van der Waals surface area contributed by atoms with Gasteiger partial charge < -0.3 is 19.3 Å². The zero-order chi connectivity index (χ0) is 24.2. The number of carbonyl (C=O) groups excluding carboxylic acids is 1. The van der Waals surface area contributed by atoms with Crippen molar-refractivity contribution in [1.82, 2.24) is 14.9 Å². The standard InChI is InChI=1S/C27H34N4O3/c1-18-6-8-23-22(16-18)19(2)28-27(29-23)31-14-11-21(12-15-31)26(32)30(3)13-10-20-7-9-24(33-4)25(17-20)34-5/h6-9,16-17,21H,10-15H2,1-5H3. The van der Waals surface area contributed by atoms with Crippen LogP contribution in [0.15, 0.2) is 36.4 Å². The largest absolute Gasteiger partial charge is 0.493 e. The Kier molecular flexibility index (Phi) is 7.20. The summed E-state index contributed by atoms with van der Waals surface area (Å²) in [4.78, 5) is 26.7. The third-order valence-corrected chi connectivity index (χ3v) is 6.72. The van der Waals surface area contributed by atoms with Crippen molar-refractivity contribution in [3.05, 3.63) is 53.2 Å². The number of anilines is 1. The fraction of sp³-hybridized carbons (Fsp3) is 0.444. The van der Waals surface area contributed by atoms with Crippen LogP contribution in [0.1, 0.15) is 29.7 Å². The number of rotatable bonds is 7. The molecule has 180 valence electrons. The summed E-state index contributed by atoms with van der Waals surface area (Å²) in [6.45, 7) is 6.37. The fourth-order valence-electron chi connectivity index (χ4n) is 4.60. The molecule has 0 atom stereocenters. The normalized spacial score (nSPS) is 14.3. The van der Waals surface area contributed by atoms with Crippen LogP contribution in [0.3, 0.4) is 0 Å². The van der Waals surface area contributed by atoms with Crippen molar-refractivity contribution in [2.45, 2.75) is 33.1 Å². The minimum Gasteiger partial charge on any atom is -0.493 e. The highest BCUT2D eigenvalue weighted by atomic mass is 16.5. The van der Waals surface area contributed by atoms with Crippen LogP contribution >= 0.6 is 0 Å². The maximum atomic E-state index is 13.1. The van der Waals surface area contributed by atoms with Crippen LogP contribution in [0.5, 0.6) is 11.5 Å². The van der Waals surface area contributed by atoms with E-state index in [0.29, 0.717) is 18.0 Å². The van der Waals surface area contributed by atoms with Gasteiger partial charge in [-0.15, -0.1) is 0 Å². The Hall–Kier alpha value is -3.35. The van der Waals surface area contributed by atoms with E-state index in [0.717, 1.165) is 60.5 Å². The first-order valence-electron chi connectivity index (χ1n) is 11.9. The topological polar surface area (TPSA) is 67.8 Å². The highest BCUT2D eigenvalue weighted by Crippen LogP contribution is 2.28. The van der Waals surface area contributed by atoms with Gasteiger partial charge in [-0.1, -0.05) is 17.7 Å². The average Bonchev–Trinajstić information content (AvgIpc) is 2.87. The number of carbonyl (C=O) groups is 1. The second-order valence-corrected chi connectivity index (χ2v) is 9.09. The zero-order valence-electron chi connectivity index (χ0n) is 20.8. The summed E-state index contributed by atoms with van der Waals surface area (Å²) in [5, 5.41) is 1.10. The van der Waals surface area contributed by atoms with Crippen molar-refractivity contribution in [2.24, 2.45) is 5.92 Å². The predicted molar refractivity (Wildman–Crippen MR) is 135 cm³/mol. The van der Waals surface area contributed by atoms with Gasteiger partial charge in [-0.2, -0.15) is 0 Å². The summed E-state index contributed by atoms with van der Waals surface area (Å²) < 4.78 is 10.7. The number of aromatic nitrogens is 2. The number of methoxy groups -OCH3 is 2. The summed E-state index contributed by atoms with van der Waals surface area (Å²) >= 11 is 0. The third kappa shape index (κ3) is 5.08. The van der Waals surface area contributed by atoms with Gasteiger partial charge >= 0.3 is 0 Å². The summed E-state index contributed by atoms with van der Waals surface area (Å²) in [5.74, 6) is 2.44. The number of amides is 1. The van der Waals surface area contributed by atoms with E-state index in [1.54, 1.807) is 14.2 Å². The minimum atomic E-state index is 0.0378. The van der Waals surface area contributed by atoms with Crippen LogP contribution in [0.4, 0.5) is 5.95 Å². The van der Waals surface area contributed by atoms with Crippen molar-refractivity contribution >= 4 is 22.8 Å².